The Labute approximate surface area is 139 Å². The van der Waals surface area contributed by atoms with Gasteiger partial charge >= 0.3 is 5.97 Å². The molecule has 0 radical (unpaired) electrons. The van der Waals surface area contributed by atoms with Crippen molar-refractivity contribution in [3.8, 4) is 0 Å². The number of carbonyl (C=O) groups excluding carboxylic acids is 1. The molecule has 1 fully saturated rings. The van der Waals surface area contributed by atoms with Crippen molar-refractivity contribution in [1.82, 2.24) is 9.62 Å². The van der Waals surface area contributed by atoms with Gasteiger partial charge in [0.05, 0.1) is 11.4 Å². The van der Waals surface area contributed by atoms with Crippen molar-refractivity contribution in [3.63, 3.8) is 0 Å². The Balaban J connectivity index is 2.21. The van der Waals surface area contributed by atoms with E-state index in [4.69, 9.17) is 16.7 Å². The molecule has 1 aromatic carbocycles. The van der Waals surface area contributed by atoms with Crippen molar-refractivity contribution in [3.05, 3.63) is 28.8 Å². The second-order valence-corrected chi connectivity index (χ2v) is 7.47. The zero-order valence-electron chi connectivity index (χ0n) is 12.3. The summed E-state index contributed by atoms with van der Waals surface area (Å²) in [7, 11) is -3.73. The maximum atomic E-state index is 12.6. The monoisotopic (exact) mass is 360 g/mol. The van der Waals surface area contributed by atoms with Gasteiger partial charge < -0.3 is 10.4 Å². The number of rotatable bonds is 6. The predicted octanol–water partition coefficient (Wildman–Crippen LogP) is 1.33. The molecule has 1 aliphatic heterocycles. The highest BCUT2D eigenvalue weighted by atomic mass is 35.5. The lowest BCUT2D eigenvalue weighted by Gasteiger charge is -2.17. The van der Waals surface area contributed by atoms with Crippen molar-refractivity contribution in [2.45, 2.75) is 24.2 Å². The molecular weight excluding hydrogens is 344 g/mol. The lowest BCUT2D eigenvalue weighted by atomic mass is 10.2. The molecule has 0 aliphatic carbocycles. The number of nitrogens with zero attached hydrogens (tertiary/aromatic N) is 1. The van der Waals surface area contributed by atoms with Crippen molar-refractivity contribution in [2.24, 2.45) is 0 Å². The molecule has 9 heteroatoms. The first-order chi connectivity index (χ1) is 10.8. The number of aliphatic carboxylic acids is 1. The summed E-state index contributed by atoms with van der Waals surface area (Å²) < 4.78 is 26.5. The third-order valence-corrected chi connectivity index (χ3v) is 5.88. The van der Waals surface area contributed by atoms with Crippen LogP contribution in [0.2, 0.25) is 5.02 Å². The first-order valence-corrected chi connectivity index (χ1v) is 8.94. The fourth-order valence-electron chi connectivity index (χ4n) is 2.29. The summed E-state index contributed by atoms with van der Waals surface area (Å²) in [5.74, 6) is -1.57. The predicted molar refractivity (Wildman–Crippen MR) is 84.0 cm³/mol. The zero-order chi connectivity index (χ0) is 17.0. The van der Waals surface area contributed by atoms with Crippen LogP contribution >= 0.6 is 11.6 Å². The maximum Gasteiger partial charge on any atom is 0.305 e. The van der Waals surface area contributed by atoms with E-state index < -0.39 is 21.9 Å². The number of carbonyl (C=O) groups is 2. The van der Waals surface area contributed by atoms with Gasteiger partial charge in [-0.2, -0.15) is 4.31 Å². The molecule has 2 rings (SSSR count). The van der Waals surface area contributed by atoms with Crippen molar-refractivity contribution in [2.75, 3.05) is 19.6 Å². The molecule has 2 N–H and O–H groups in total. The van der Waals surface area contributed by atoms with Gasteiger partial charge in [0, 0.05) is 25.2 Å². The summed E-state index contributed by atoms with van der Waals surface area (Å²) in [5.41, 5.74) is 0.123. The highest BCUT2D eigenvalue weighted by Gasteiger charge is 2.29. The molecule has 1 aromatic rings. The van der Waals surface area contributed by atoms with Crippen LogP contribution in [0, 0.1) is 0 Å². The molecule has 1 saturated heterocycles. The topological polar surface area (TPSA) is 104 Å². The van der Waals surface area contributed by atoms with E-state index in [0.29, 0.717) is 13.1 Å². The summed E-state index contributed by atoms with van der Waals surface area (Å²) in [6, 6.07) is 3.99. The molecule has 0 aromatic heterocycles. The number of halogens is 1. The van der Waals surface area contributed by atoms with Gasteiger partial charge in [-0.25, -0.2) is 8.42 Å². The lowest BCUT2D eigenvalue weighted by molar-refractivity contribution is -0.136. The third-order valence-electron chi connectivity index (χ3n) is 3.50. The lowest BCUT2D eigenvalue weighted by Crippen LogP contribution is -2.29. The molecule has 1 heterocycles. The number of carboxylic acid groups (broad SMARTS) is 1. The van der Waals surface area contributed by atoms with Gasteiger partial charge in [0.2, 0.25) is 10.0 Å². The molecule has 1 amide bonds. The number of nitrogens with one attached hydrogen (secondary N) is 1. The van der Waals surface area contributed by atoms with Crippen LogP contribution in [0.4, 0.5) is 0 Å². The van der Waals surface area contributed by atoms with Crippen molar-refractivity contribution in [1.29, 1.82) is 0 Å². The fourth-order valence-corrected chi connectivity index (χ4v) is 4.31. The molecular formula is C14H17ClN2O5S. The number of carboxylic acids is 1. The van der Waals surface area contributed by atoms with Crippen LogP contribution in [0.1, 0.15) is 29.6 Å². The molecule has 0 atom stereocenters. The Morgan fingerprint density at radius 3 is 2.52 bits per heavy atom. The third kappa shape index (κ3) is 4.21. The van der Waals surface area contributed by atoms with Gasteiger partial charge in [-0.3, -0.25) is 9.59 Å². The van der Waals surface area contributed by atoms with E-state index in [0.717, 1.165) is 12.8 Å². The van der Waals surface area contributed by atoms with Gasteiger partial charge in [0.1, 0.15) is 4.90 Å². The molecule has 0 unspecified atom stereocenters. The SMILES string of the molecule is O=C(O)CCNC(=O)c1ccc(Cl)c(S(=O)(=O)N2CCCC2)c1. The second kappa shape index (κ2) is 7.29. The summed E-state index contributed by atoms with van der Waals surface area (Å²) in [6.45, 7) is 0.840. The van der Waals surface area contributed by atoms with Crippen LogP contribution in [-0.4, -0.2) is 49.3 Å². The van der Waals surface area contributed by atoms with Crippen LogP contribution in [0.25, 0.3) is 0 Å². The van der Waals surface area contributed by atoms with Gasteiger partial charge in [0.25, 0.3) is 5.91 Å². The van der Waals surface area contributed by atoms with E-state index in [9.17, 15) is 18.0 Å². The van der Waals surface area contributed by atoms with E-state index in [1.54, 1.807) is 0 Å². The van der Waals surface area contributed by atoms with E-state index in [-0.39, 0.29) is 28.4 Å². The van der Waals surface area contributed by atoms with Gasteiger partial charge in [-0.05, 0) is 31.0 Å². The fraction of sp³-hybridized carbons (Fsp3) is 0.429. The number of hydrogen-bond acceptors (Lipinski definition) is 4. The number of sulfonamides is 1. The number of amides is 1. The molecule has 7 nitrogen and oxygen atoms in total. The Hall–Kier alpha value is -1.64. The highest BCUT2D eigenvalue weighted by Crippen LogP contribution is 2.28. The number of hydrogen-bond donors (Lipinski definition) is 2. The Bertz CT molecular complexity index is 714. The van der Waals surface area contributed by atoms with Crippen LogP contribution in [0.3, 0.4) is 0 Å². The molecule has 0 bridgehead atoms. The minimum absolute atomic E-state index is 0.0367. The summed E-state index contributed by atoms with van der Waals surface area (Å²) in [4.78, 5) is 22.3. The molecule has 0 spiro atoms. The average Bonchev–Trinajstić information content (AvgIpc) is 3.02. The Morgan fingerprint density at radius 2 is 1.91 bits per heavy atom. The number of benzene rings is 1. The van der Waals surface area contributed by atoms with Crippen molar-refractivity contribution >= 4 is 33.5 Å². The van der Waals surface area contributed by atoms with Crippen molar-refractivity contribution < 1.29 is 23.1 Å². The standard InChI is InChI=1S/C14H17ClN2O5S/c15-11-4-3-10(14(20)16-6-5-13(18)19)9-12(11)23(21,22)17-7-1-2-8-17/h3-4,9H,1-2,5-8H2,(H,16,20)(H,18,19). The van der Waals surface area contributed by atoms with E-state index in [1.807, 2.05) is 0 Å². The summed E-state index contributed by atoms with van der Waals surface area (Å²) >= 11 is 5.99. The van der Waals surface area contributed by atoms with Crippen LogP contribution in [-0.2, 0) is 14.8 Å². The first-order valence-electron chi connectivity index (χ1n) is 7.12. The van der Waals surface area contributed by atoms with Gasteiger partial charge in [0.15, 0.2) is 0 Å². The van der Waals surface area contributed by atoms with Crippen LogP contribution < -0.4 is 5.32 Å². The van der Waals surface area contributed by atoms with E-state index >= 15 is 0 Å². The second-order valence-electron chi connectivity index (χ2n) is 5.16. The Morgan fingerprint density at radius 1 is 1.26 bits per heavy atom. The largest absolute Gasteiger partial charge is 0.481 e. The molecule has 126 valence electrons. The minimum Gasteiger partial charge on any atom is -0.481 e. The van der Waals surface area contributed by atoms with Crippen LogP contribution in [0.5, 0.6) is 0 Å². The quantitative estimate of drug-likeness (QED) is 0.796. The Kier molecular flexibility index (Phi) is 5.61. The minimum atomic E-state index is -3.73. The average molecular weight is 361 g/mol. The van der Waals surface area contributed by atoms with E-state index in [1.165, 1.54) is 22.5 Å². The van der Waals surface area contributed by atoms with Gasteiger partial charge in [-0.1, -0.05) is 11.6 Å². The maximum absolute atomic E-state index is 12.6. The normalized spacial score (nSPS) is 15.5. The van der Waals surface area contributed by atoms with E-state index in [2.05, 4.69) is 5.32 Å². The first kappa shape index (κ1) is 17.7. The highest BCUT2D eigenvalue weighted by molar-refractivity contribution is 7.89. The summed E-state index contributed by atoms with van der Waals surface area (Å²) in [6.07, 6.45) is 1.39. The molecule has 23 heavy (non-hydrogen) atoms. The van der Waals surface area contributed by atoms with Crippen LogP contribution in [0.15, 0.2) is 23.1 Å². The molecule has 1 aliphatic rings. The van der Waals surface area contributed by atoms with Gasteiger partial charge in [-0.15, -0.1) is 0 Å². The molecule has 0 saturated carbocycles. The zero-order valence-corrected chi connectivity index (χ0v) is 13.9. The summed E-state index contributed by atoms with van der Waals surface area (Å²) in [5, 5.41) is 11.0. The smallest absolute Gasteiger partial charge is 0.305 e.